The molecule has 128 valence electrons. The van der Waals surface area contributed by atoms with Crippen molar-refractivity contribution in [3.05, 3.63) is 69.6 Å². The molecule has 1 heterocycles. The van der Waals surface area contributed by atoms with E-state index in [9.17, 15) is 9.18 Å². The molecule has 0 fully saturated rings. The first-order valence-corrected chi connectivity index (χ1v) is 8.79. The number of nitrogens with one attached hydrogen (secondary N) is 1. The van der Waals surface area contributed by atoms with Gasteiger partial charge in [-0.25, -0.2) is 4.39 Å². The monoisotopic (exact) mass is 366 g/mol. The van der Waals surface area contributed by atoms with Crippen molar-refractivity contribution in [3.63, 3.8) is 0 Å². The Hall–Kier alpha value is -1.69. The van der Waals surface area contributed by atoms with Gasteiger partial charge in [-0.1, -0.05) is 29.8 Å². The Kier molecular flexibility index (Phi) is 6.97. The maximum absolute atomic E-state index is 13.0. The van der Waals surface area contributed by atoms with Gasteiger partial charge in [0.2, 0.25) is 5.91 Å². The molecular formula is C18H20ClFN2OS. The summed E-state index contributed by atoms with van der Waals surface area (Å²) in [6, 6.07) is 9.77. The molecule has 6 heteroatoms. The molecule has 2 rings (SSSR count). The van der Waals surface area contributed by atoms with Crippen molar-refractivity contribution in [2.24, 2.45) is 0 Å². The molecule has 24 heavy (non-hydrogen) atoms. The van der Waals surface area contributed by atoms with E-state index in [4.69, 9.17) is 11.6 Å². The van der Waals surface area contributed by atoms with Crippen LogP contribution in [0.4, 0.5) is 4.39 Å². The fraction of sp³-hybridized carbons (Fsp3) is 0.278. The fourth-order valence-electron chi connectivity index (χ4n) is 2.35. The number of nitrogens with zero attached hydrogens (tertiary/aromatic N) is 1. The quantitative estimate of drug-likeness (QED) is 0.702. The van der Waals surface area contributed by atoms with Crippen LogP contribution in [0, 0.1) is 5.82 Å². The lowest BCUT2D eigenvalue weighted by Gasteiger charge is -2.21. The second-order valence-electron chi connectivity index (χ2n) is 5.50. The third kappa shape index (κ3) is 5.74. The highest BCUT2D eigenvalue weighted by Crippen LogP contribution is 2.22. The first-order chi connectivity index (χ1) is 11.5. The Morgan fingerprint density at radius 2 is 2.08 bits per heavy atom. The van der Waals surface area contributed by atoms with Gasteiger partial charge in [0.25, 0.3) is 0 Å². The molecule has 1 amide bonds. The van der Waals surface area contributed by atoms with Crippen LogP contribution in [0.5, 0.6) is 0 Å². The highest BCUT2D eigenvalue weighted by molar-refractivity contribution is 7.16. The van der Waals surface area contributed by atoms with Crippen LogP contribution in [0.1, 0.15) is 23.4 Å². The van der Waals surface area contributed by atoms with E-state index in [1.165, 1.54) is 23.5 Å². The normalized spacial score (nSPS) is 12.2. The summed E-state index contributed by atoms with van der Waals surface area (Å²) in [5.74, 6) is -0.375. The van der Waals surface area contributed by atoms with Gasteiger partial charge in [0.15, 0.2) is 0 Å². The van der Waals surface area contributed by atoms with Gasteiger partial charge < -0.3 is 5.32 Å². The fourth-order valence-corrected chi connectivity index (χ4v) is 3.48. The molecule has 0 bridgehead atoms. The molecule has 1 aromatic carbocycles. The number of amides is 1. The minimum absolute atomic E-state index is 0.0867. The van der Waals surface area contributed by atoms with Crippen LogP contribution in [0.2, 0.25) is 4.34 Å². The molecule has 1 unspecified atom stereocenters. The van der Waals surface area contributed by atoms with Crippen molar-refractivity contribution in [2.75, 3.05) is 13.1 Å². The largest absolute Gasteiger partial charge is 0.348 e. The van der Waals surface area contributed by atoms with Gasteiger partial charge in [-0.05, 0) is 36.8 Å². The third-order valence-electron chi connectivity index (χ3n) is 3.51. The maximum atomic E-state index is 13.0. The van der Waals surface area contributed by atoms with E-state index < -0.39 is 0 Å². The number of halogens is 2. The van der Waals surface area contributed by atoms with Crippen molar-refractivity contribution in [3.8, 4) is 0 Å². The first-order valence-electron chi connectivity index (χ1n) is 7.60. The lowest BCUT2D eigenvalue weighted by Crippen LogP contribution is -2.38. The number of rotatable bonds is 8. The van der Waals surface area contributed by atoms with Gasteiger partial charge >= 0.3 is 0 Å². The number of carbonyl (C=O) groups is 1. The molecule has 1 atom stereocenters. The molecule has 0 saturated carbocycles. The highest BCUT2D eigenvalue weighted by atomic mass is 35.5. The second kappa shape index (κ2) is 8.97. The van der Waals surface area contributed by atoms with Gasteiger partial charge in [-0.2, -0.15) is 0 Å². The molecule has 0 spiro atoms. The van der Waals surface area contributed by atoms with Gasteiger partial charge in [-0.15, -0.1) is 17.9 Å². The van der Waals surface area contributed by atoms with E-state index in [0.717, 1.165) is 14.8 Å². The topological polar surface area (TPSA) is 32.3 Å². The van der Waals surface area contributed by atoms with Crippen molar-refractivity contribution < 1.29 is 9.18 Å². The minimum Gasteiger partial charge on any atom is -0.348 e. The summed E-state index contributed by atoms with van der Waals surface area (Å²) in [5, 5.41) is 2.94. The van der Waals surface area contributed by atoms with Crippen LogP contribution in [-0.4, -0.2) is 23.9 Å². The molecule has 3 nitrogen and oxygen atoms in total. The molecule has 1 N–H and O–H groups in total. The number of carbonyl (C=O) groups excluding carboxylic acids is 1. The number of thiophene rings is 1. The summed E-state index contributed by atoms with van der Waals surface area (Å²) in [4.78, 5) is 15.4. The van der Waals surface area contributed by atoms with Crippen molar-refractivity contribution >= 4 is 28.8 Å². The Morgan fingerprint density at radius 3 is 2.67 bits per heavy atom. The van der Waals surface area contributed by atoms with Crippen LogP contribution in [0.15, 0.2) is 49.1 Å². The molecule has 0 aliphatic carbocycles. The second-order valence-corrected chi connectivity index (χ2v) is 7.30. The average molecular weight is 367 g/mol. The van der Waals surface area contributed by atoms with Crippen molar-refractivity contribution in [2.45, 2.75) is 19.5 Å². The molecule has 0 aliphatic rings. The van der Waals surface area contributed by atoms with Crippen LogP contribution < -0.4 is 5.32 Å². The van der Waals surface area contributed by atoms with E-state index in [1.807, 2.05) is 24.0 Å². The zero-order valence-electron chi connectivity index (χ0n) is 13.5. The van der Waals surface area contributed by atoms with Gasteiger partial charge in [-0.3, -0.25) is 9.69 Å². The van der Waals surface area contributed by atoms with Crippen molar-refractivity contribution in [1.82, 2.24) is 10.2 Å². The molecule has 0 aliphatic heterocycles. The summed E-state index contributed by atoms with van der Waals surface area (Å²) in [7, 11) is 0. The van der Waals surface area contributed by atoms with E-state index in [0.29, 0.717) is 13.1 Å². The van der Waals surface area contributed by atoms with Crippen molar-refractivity contribution in [1.29, 1.82) is 0 Å². The molecular weight excluding hydrogens is 347 g/mol. The van der Waals surface area contributed by atoms with Crippen LogP contribution in [-0.2, 0) is 11.3 Å². The lowest BCUT2D eigenvalue weighted by molar-refractivity contribution is -0.122. The predicted octanol–water partition coefficient (Wildman–Crippen LogP) is 4.41. The van der Waals surface area contributed by atoms with Crippen LogP contribution in [0.25, 0.3) is 0 Å². The Bertz CT molecular complexity index is 687. The predicted molar refractivity (Wildman–Crippen MR) is 97.8 cm³/mol. The third-order valence-corrected chi connectivity index (χ3v) is 4.73. The van der Waals surface area contributed by atoms with Gasteiger partial charge in [0.05, 0.1) is 16.9 Å². The van der Waals surface area contributed by atoms with E-state index >= 15 is 0 Å². The lowest BCUT2D eigenvalue weighted by atomic mass is 10.1. The molecule has 1 aromatic heterocycles. The molecule has 2 aromatic rings. The summed E-state index contributed by atoms with van der Waals surface area (Å²) >= 11 is 7.45. The summed E-state index contributed by atoms with van der Waals surface area (Å²) < 4.78 is 13.7. The van der Waals surface area contributed by atoms with Gasteiger partial charge in [0.1, 0.15) is 5.82 Å². The van der Waals surface area contributed by atoms with Gasteiger partial charge in [0, 0.05) is 18.0 Å². The summed E-state index contributed by atoms with van der Waals surface area (Å²) in [6.45, 7) is 7.12. The first kappa shape index (κ1) is 18.6. The molecule has 0 saturated heterocycles. The highest BCUT2D eigenvalue weighted by Gasteiger charge is 2.14. The number of benzene rings is 1. The Balaban J connectivity index is 1.92. The zero-order valence-corrected chi connectivity index (χ0v) is 15.0. The standard InChI is InChI=1S/C18H20ClFN2OS/c1-3-10-22(11-16-8-9-17(19)24-16)12-18(23)21-13(2)14-4-6-15(20)7-5-14/h3-9,13H,1,10-12H2,2H3,(H,21,23). The SMILES string of the molecule is C=CCN(CC(=O)NC(C)c1ccc(F)cc1)Cc1ccc(Cl)s1. The van der Waals surface area contributed by atoms with E-state index in [2.05, 4.69) is 11.9 Å². The Labute approximate surface area is 150 Å². The minimum atomic E-state index is -0.288. The average Bonchev–Trinajstić information content (AvgIpc) is 2.93. The summed E-state index contributed by atoms with van der Waals surface area (Å²) in [6.07, 6.45) is 1.77. The van der Waals surface area contributed by atoms with E-state index in [-0.39, 0.29) is 24.3 Å². The van der Waals surface area contributed by atoms with Crippen LogP contribution in [0.3, 0.4) is 0 Å². The smallest absolute Gasteiger partial charge is 0.234 e. The van der Waals surface area contributed by atoms with E-state index in [1.54, 1.807) is 18.2 Å². The number of hydrogen-bond acceptors (Lipinski definition) is 3. The Morgan fingerprint density at radius 1 is 1.38 bits per heavy atom. The molecule has 0 radical (unpaired) electrons. The summed E-state index contributed by atoms with van der Waals surface area (Å²) in [5.41, 5.74) is 0.866. The van der Waals surface area contributed by atoms with Crippen LogP contribution >= 0.6 is 22.9 Å². The zero-order chi connectivity index (χ0) is 17.5. The number of hydrogen-bond donors (Lipinski definition) is 1. The maximum Gasteiger partial charge on any atom is 0.234 e.